The minimum atomic E-state index is 0.635. The largest absolute Gasteiger partial charge is 0.497 e. The van der Waals surface area contributed by atoms with E-state index in [-0.39, 0.29) is 0 Å². The van der Waals surface area contributed by atoms with Gasteiger partial charge in [0.15, 0.2) is 0 Å². The lowest BCUT2D eigenvalue weighted by molar-refractivity contribution is 0.296. The summed E-state index contributed by atoms with van der Waals surface area (Å²) in [7, 11) is 1.65. The molecule has 0 saturated carbocycles. The van der Waals surface area contributed by atoms with Crippen molar-refractivity contribution in [2.45, 2.75) is 19.9 Å². The van der Waals surface area contributed by atoms with Gasteiger partial charge in [-0.05, 0) is 24.3 Å². The number of benzene rings is 1. The molecule has 1 aromatic heterocycles. The molecule has 18 heavy (non-hydrogen) atoms. The van der Waals surface area contributed by atoms with Crippen LogP contribution in [0.1, 0.15) is 12.7 Å². The zero-order valence-corrected chi connectivity index (χ0v) is 10.8. The van der Waals surface area contributed by atoms with Crippen LogP contribution in [0.25, 0.3) is 0 Å². The molecule has 0 fully saturated rings. The van der Waals surface area contributed by atoms with Gasteiger partial charge >= 0.3 is 0 Å². The molecule has 0 aliphatic carbocycles. The minimum absolute atomic E-state index is 0.635. The second kappa shape index (κ2) is 6.10. The molecular weight excluding hydrogens is 228 g/mol. The van der Waals surface area contributed by atoms with Crippen molar-refractivity contribution in [3.8, 4) is 11.5 Å². The van der Waals surface area contributed by atoms with E-state index in [9.17, 15) is 0 Å². The van der Waals surface area contributed by atoms with Crippen molar-refractivity contribution in [1.82, 2.24) is 9.55 Å². The fourth-order valence-electron chi connectivity index (χ4n) is 1.79. The third-order valence-corrected chi connectivity index (χ3v) is 2.78. The highest BCUT2D eigenvalue weighted by atomic mass is 16.5. The molecular formula is C14H18N2O2. The van der Waals surface area contributed by atoms with E-state index >= 15 is 0 Å². The van der Waals surface area contributed by atoms with Gasteiger partial charge < -0.3 is 14.0 Å². The summed E-state index contributed by atoms with van der Waals surface area (Å²) >= 11 is 0. The zero-order valence-electron chi connectivity index (χ0n) is 10.8. The Bertz CT molecular complexity index is 477. The lowest BCUT2D eigenvalue weighted by atomic mass is 10.3. The first-order valence-electron chi connectivity index (χ1n) is 6.10. The van der Waals surface area contributed by atoms with Gasteiger partial charge in [0.25, 0.3) is 0 Å². The summed E-state index contributed by atoms with van der Waals surface area (Å²) in [6.07, 6.45) is 4.75. The SMILES string of the molecule is CCc1nccn1CCOc1ccc(OC)cc1. The van der Waals surface area contributed by atoms with Crippen LogP contribution in [0, 0.1) is 0 Å². The third-order valence-electron chi connectivity index (χ3n) is 2.78. The van der Waals surface area contributed by atoms with Crippen molar-refractivity contribution in [3.05, 3.63) is 42.5 Å². The van der Waals surface area contributed by atoms with E-state index in [2.05, 4.69) is 16.5 Å². The monoisotopic (exact) mass is 246 g/mol. The molecule has 2 rings (SSSR count). The van der Waals surface area contributed by atoms with Crippen LogP contribution >= 0.6 is 0 Å². The predicted molar refractivity (Wildman–Crippen MR) is 70.1 cm³/mol. The van der Waals surface area contributed by atoms with Gasteiger partial charge in [0, 0.05) is 18.8 Å². The second-order valence-corrected chi connectivity index (χ2v) is 3.91. The number of imidazole rings is 1. The molecule has 0 bridgehead atoms. The highest BCUT2D eigenvalue weighted by Gasteiger charge is 2.00. The maximum absolute atomic E-state index is 5.67. The molecule has 0 aliphatic heterocycles. The molecule has 0 saturated heterocycles. The van der Waals surface area contributed by atoms with E-state index in [0.29, 0.717) is 6.61 Å². The number of rotatable bonds is 6. The summed E-state index contributed by atoms with van der Waals surface area (Å²) < 4.78 is 12.9. The Morgan fingerprint density at radius 2 is 1.89 bits per heavy atom. The number of aryl methyl sites for hydroxylation is 1. The number of hydrogen-bond donors (Lipinski definition) is 0. The average molecular weight is 246 g/mol. The van der Waals surface area contributed by atoms with Gasteiger partial charge in [-0.2, -0.15) is 0 Å². The van der Waals surface area contributed by atoms with Crippen molar-refractivity contribution in [2.24, 2.45) is 0 Å². The lowest BCUT2D eigenvalue weighted by Gasteiger charge is -2.09. The fraction of sp³-hybridized carbons (Fsp3) is 0.357. The van der Waals surface area contributed by atoms with Crippen molar-refractivity contribution in [3.63, 3.8) is 0 Å². The smallest absolute Gasteiger partial charge is 0.119 e. The third kappa shape index (κ3) is 3.03. The molecule has 0 radical (unpaired) electrons. The van der Waals surface area contributed by atoms with Crippen LogP contribution < -0.4 is 9.47 Å². The van der Waals surface area contributed by atoms with Crippen molar-refractivity contribution >= 4 is 0 Å². The Morgan fingerprint density at radius 3 is 2.56 bits per heavy atom. The van der Waals surface area contributed by atoms with Crippen LogP contribution in [-0.4, -0.2) is 23.3 Å². The van der Waals surface area contributed by atoms with Crippen LogP contribution in [0.2, 0.25) is 0 Å². The van der Waals surface area contributed by atoms with Gasteiger partial charge in [0.2, 0.25) is 0 Å². The maximum Gasteiger partial charge on any atom is 0.119 e. The van der Waals surface area contributed by atoms with E-state index in [1.807, 2.05) is 36.7 Å². The second-order valence-electron chi connectivity index (χ2n) is 3.91. The quantitative estimate of drug-likeness (QED) is 0.786. The van der Waals surface area contributed by atoms with Gasteiger partial charge in [0.1, 0.15) is 23.9 Å². The standard InChI is InChI=1S/C14H18N2O2/c1-3-14-15-8-9-16(14)10-11-18-13-6-4-12(17-2)5-7-13/h4-9H,3,10-11H2,1-2H3. The van der Waals surface area contributed by atoms with E-state index < -0.39 is 0 Å². The van der Waals surface area contributed by atoms with Gasteiger partial charge in [-0.15, -0.1) is 0 Å². The lowest BCUT2D eigenvalue weighted by Crippen LogP contribution is -2.10. The maximum atomic E-state index is 5.67. The normalized spacial score (nSPS) is 10.3. The first-order chi connectivity index (χ1) is 8.83. The molecule has 4 heteroatoms. The van der Waals surface area contributed by atoms with Gasteiger partial charge in [-0.1, -0.05) is 6.92 Å². The van der Waals surface area contributed by atoms with Crippen LogP contribution in [0.3, 0.4) is 0 Å². The van der Waals surface area contributed by atoms with E-state index in [1.54, 1.807) is 7.11 Å². The van der Waals surface area contributed by atoms with Crippen LogP contribution in [0.4, 0.5) is 0 Å². The Balaban J connectivity index is 1.84. The van der Waals surface area contributed by atoms with Gasteiger partial charge in [-0.25, -0.2) is 4.98 Å². The number of methoxy groups -OCH3 is 1. The summed E-state index contributed by atoms with van der Waals surface area (Å²) in [6.45, 7) is 3.55. The highest BCUT2D eigenvalue weighted by molar-refractivity contribution is 5.31. The summed E-state index contributed by atoms with van der Waals surface area (Å²) in [5.74, 6) is 2.78. The van der Waals surface area contributed by atoms with Crippen molar-refractivity contribution in [2.75, 3.05) is 13.7 Å². The van der Waals surface area contributed by atoms with Crippen LogP contribution in [-0.2, 0) is 13.0 Å². The molecule has 0 atom stereocenters. The van der Waals surface area contributed by atoms with Crippen molar-refractivity contribution < 1.29 is 9.47 Å². The van der Waals surface area contributed by atoms with E-state index in [0.717, 1.165) is 30.3 Å². The Hall–Kier alpha value is -1.97. The molecule has 0 unspecified atom stereocenters. The first-order valence-corrected chi connectivity index (χ1v) is 6.10. The Morgan fingerprint density at radius 1 is 1.17 bits per heavy atom. The summed E-state index contributed by atoms with van der Waals surface area (Å²) in [5, 5.41) is 0. The topological polar surface area (TPSA) is 36.3 Å². The number of aromatic nitrogens is 2. The number of hydrogen-bond acceptors (Lipinski definition) is 3. The molecule has 0 N–H and O–H groups in total. The molecule has 0 amide bonds. The van der Waals surface area contributed by atoms with E-state index in [1.165, 1.54) is 0 Å². The molecule has 96 valence electrons. The number of ether oxygens (including phenoxy) is 2. The Labute approximate surface area is 107 Å². The van der Waals surface area contributed by atoms with Crippen LogP contribution in [0.15, 0.2) is 36.7 Å². The zero-order chi connectivity index (χ0) is 12.8. The minimum Gasteiger partial charge on any atom is -0.497 e. The molecule has 0 spiro atoms. The summed E-state index contributed by atoms with van der Waals surface area (Å²) in [4.78, 5) is 4.27. The number of nitrogens with zero attached hydrogens (tertiary/aromatic N) is 2. The molecule has 1 aromatic carbocycles. The van der Waals surface area contributed by atoms with Gasteiger partial charge in [-0.3, -0.25) is 0 Å². The predicted octanol–water partition coefficient (Wildman–Crippen LogP) is 2.53. The fourth-order valence-corrected chi connectivity index (χ4v) is 1.79. The van der Waals surface area contributed by atoms with Crippen molar-refractivity contribution in [1.29, 1.82) is 0 Å². The molecule has 2 aromatic rings. The molecule has 0 aliphatic rings. The average Bonchev–Trinajstić information content (AvgIpc) is 2.87. The Kier molecular flexibility index (Phi) is 4.23. The summed E-state index contributed by atoms with van der Waals surface area (Å²) in [6, 6.07) is 7.61. The molecule has 1 heterocycles. The van der Waals surface area contributed by atoms with Gasteiger partial charge in [0.05, 0.1) is 13.7 Å². The molecule has 4 nitrogen and oxygen atoms in total. The van der Waals surface area contributed by atoms with Crippen LogP contribution in [0.5, 0.6) is 11.5 Å². The van der Waals surface area contributed by atoms with E-state index in [4.69, 9.17) is 9.47 Å². The summed E-state index contributed by atoms with van der Waals surface area (Å²) in [5.41, 5.74) is 0. The highest BCUT2D eigenvalue weighted by Crippen LogP contribution is 2.16. The first kappa shape index (κ1) is 12.5.